The highest BCUT2D eigenvalue weighted by molar-refractivity contribution is 7.80. The van der Waals surface area contributed by atoms with Crippen LogP contribution in [0.1, 0.15) is 33.6 Å². The second-order valence-electron chi connectivity index (χ2n) is 5.06. The van der Waals surface area contributed by atoms with Crippen molar-refractivity contribution in [2.75, 3.05) is 0 Å². The van der Waals surface area contributed by atoms with E-state index < -0.39 is 0 Å². The lowest BCUT2D eigenvalue weighted by molar-refractivity contribution is 0.146. The molecule has 0 saturated heterocycles. The Hall–Kier alpha value is -0.480. The summed E-state index contributed by atoms with van der Waals surface area (Å²) >= 11 is 5.26. The molecule has 3 nitrogen and oxygen atoms in total. The van der Waals surface area contributed by atoms with Crippen molar-refractivity contribution in [3.05, 3.63) is 0 Å². The largest absolute Gasteiger partial charge is 0.290 e. The summed E-state index contributed by atoms with van der Waals surface area (Å²) in [6.07, 6.45) is 2.12. The number of thiocarbonyl (C=S) groups is 1. The van der Waals surface area contributed by atoms with E-state index in [1.165, 1.54) is 0 Å². The predicted molar refractivity (Wildman–Crippen MR) is 59.6 cm³/mol. The summed E-state index contributed by atoms with van der Waals surface area (Å²) in [5.41, 5.74) is 2.25. The summed E-state index contributed by atoms with van der Waals surface area (Å²) in [5, 5.41) is 9.09. The van der Waals surface area contributed by atoms with Crippen LogP contribution in [-0.4, -0.2) is 16.0 Å². The van der Waals surface area contributed by atoms with Crippen LogP contribution >= 0.6 is 12.2 Å². The quantitative estimate of drug-likeness (QED) is 0.477. The highest BCUT2D eigenvalue weighted by atomic mass is 32.1. The van der Waals surface area contributed by atoms with Crippen molar-refractivity contribution in [1.29, 1.82) is 0 Å². The number of hydroxylamine groups is 1. The smallest absolute Gasteiger partial charge is 0.133 e. The SMILES string of the molecule is CC12CCC(C(=S)N=C1NO)C2(C)C. The Morgan fingerprint density at radius 2 is 2.14 bits per heavy atom. The first-order valence-electron chi connectivity index (χ1n) is 4.96. The molecule has 2 N–H and O–H groups in total. The van der Waals surface area contributed by atoms with Crippen molar-refractivity contribution >= 4 is 23.0 Å². The molecular weight excluding hydrogens is 196 g/mol. The van der Waals surface area contributed by atoms with Crippen molar-refractivity contribution in [1.82, 2.24) is 5.48 Å². The number of nitrogens with zero attached hydrogens (tertiary/aromatic N) is 1. The molecule has 1 heterocycles. The van der Waals surface area contributed by atoms with Gasteiger partial charge in [0.05, 0.1) is 0 Å². The minimum absolute atomic E-state index is 0.0608. The zero-order valence-electron chi connectivity index (χ0n) is 8.79. The molecule has 0 aromatic heterocycles. The molecule has 2 unspecified atom stereocenters. The van der Waals surface area contributed by atoms with E-state index in [9.17, 15) is 0 Å². The van der Waals surface area contributed by atoms with Crippen LogP contribution in [0.15, 0.2) is 4.99 Å². The molecule has 2 atom stereocenters. The fraction of sp³-hybridized carbons (Fsp3) is 0.800. The minimum Gasteiger partial charge on any atom is -0.290 e. The summed E-state index contributed by atoms with van der Waals surface area (Å²) in [7, 11) is 0. The van der Waals surface area contributed by atoms with Crippen molar-refractivity contribution in [3.63, 3.8) is 0 Å². The Morgan fingerprint density at radius 3 is 2.71 bits per heavy atom. The lowest BCUT2D eigenvalue weighted by Crippen LogP contribution is -2.50. The number of hydrogen-bond acceptors (Lipinski definition) is 3. The monoisotopic (exact) mass is 212 g/mol. The number of hydrogen-bond donors (Lipinski definition) is 2. The van der Waals surface area contributed by atoms with Gasteiger partial charge in [-0.15, -0.1) is 0 Å². The fourth-order valence-electron chi connectivity index (χ4n) is 2.82. The van der Waals surface area contributed by atoms with Gasteiger partial charge in [-0.1, -0.05) is 33.0 Å². The van der Waals surface area contributed by atoms with Crippen LogP contribution in [0.25, 0.3) is 0 Å². The molecule has 2 aliphatic rings. The highest BCUT2D eigenvalue weighted by Crippen LogP contribution is 2.58. The zero-order chi connectivity index (χ0) is 10.6. The van der Waals surface area contributed by atoms with E-state index in [4.69, 9.17) is 17.4 Å². The van der Waals surface area contributed by atoms with Crippen LogP contribution in [0.4, 0.5) is 0 Å². The first kappa shape index (κ1) is 10.1. The molecular formula is C10H16N2OS. The molecule has 14 heavy (non-hydrogen) atoms. The Kier molecular flexibility index (Phi) is 1.98. The van der Waals surface area contributed by atoms with E-state index in [1.54, 1.807) is 0 Å². The third kappa shape index (κ3) is 0.956. The van der Waals surface area contributed by atoms with Crippen molar-refractivity contribution < 1.29 is 5.21 Å². The average molecular weight is 212 g/mol. The van der Waals surface area contributed by atoms with Gasteiger partial charge in [0.25, 0.3) is 0 Å². The maximum absolute atomic E-state index is 9.09. The molecule has 1 fully saturated rings. The second kappa shape index (κ2) is 2.76. The van der Waals surface area contributed by atoms with Gasteiger partial charge in [0.1, 0.15) is 10.8 Å². The Labute approximate surface area is 89.6 Å². The fourth-order valence-corrected chi connectivity index (χ4v) is 3.32. The molecule has 0 spiro atoms. The standard InChI is InChI=1S/C10H16N2OS/c1-9(2)6-4-5-10(9,3)8(12-13)11-7(6)14/h6,13H,4-5H2,1-3H3,(H,11,12,14). The van der Waals surface area contributed by atoms with E-state index in [1.807, 2.05) is 0 Å². The lowest BCUT2D eigenvalue weighted by atomic mass is 9.63. The summed E-state index contributed by atoms with van der Waals surface area (Å²) in [4.78, 5) is 5.02. The van der Waals surface area contributed by atoms with Gasteiger partial charge in [-0.05, 0) is 18.3 Å². The van der Waals surface area contributed by atoms with Crippen LogP contribution in [0.3, 0.4) is 0 Å². The number of amidine groups is 1. The zero-order valence-corrected chi connectivity index (χ0v) is 9.61. The summed E-state index contributed by atoms with van der Waals surface area (Å²) < 4.78 is 0. The van der Waals surface area contributed by atoms with Gasteiger partial charge < -0.3 is 0 Å². The average Bonchev–Trinajstić information content (AvgIpc) is 2.28. The normalized spacial score (nSPS) is 39.6. The van der Waals surface area contributed by atoms with Crippen molar-refractivity contribution in [2.24, 2.45) is 21.7 Å². The Morgan fingerprint density at radius 1 is 1.50 bits per heavy atom. The second-order valence-corrected chi connectivity index (χ2v) is 5.47. The minimum atomic E-state index is -0.0608. The third-order valence-corrected chi connectivity index (χ3v) is 4.75. The van der Waals surface area contributed by atoms with E-state index in [2.05, 4.69) is 31.2 Å². The van der Waals surface area contributed by atoms with Gasteiger partial charge in [0.15, 0.2) is 0 Å². The molecule has 1 aliphatic heterocycles. The van der Waals surface area contributed by atoms with Crippen LogP contribution in [0, 0.1) is 16.7 Å². The summed E-state index contributed by atoms with van der Waals surface area (Å²) in [5.74, 6) is 1.03. The van der Waals surface area contributed by atoms with Gasteiger partial charge in [-0.3, -0.25) is 10.7 Å². The summed E-state index contributed by atoms with van der Waals surface area (Å²) in [6, 6.07) is 0. The van der Waals surface area contributed by atoms with Crippen molar-refractivity contribution in [3.8, 4) is 0 Å². The first-order valence-corrected chi connectivity index (χ1v) is 5.37. The number of fused-ring (bicyclic) bond motifs is 2. The van der Waals surface area contributed by atoms with E-state index in [0.717, 1.165) is 17.8 Å². The molecule has 4 heteroatoms. The number of rotatable bonds is 0. The molecule has 1 saturated carbocycles. The van der Waals surface area contributed by atoms with E-state index >= 15 is 0 Å². The maximum Gasteiger partial charge on any atom is 0.133 e. The first-order chi connectivity index (χ1) is 6.43. The third-order valence-electron chi connectivity index (χ3n) is 4.37. The topological polar surface area (TPSA) is 44.6 Å². The van der Waals surface area contributed by atoms with Gasteiger partial charge in [0, 0.05) is 11.3 Å². The van der Waals surface area contributed by atoms with Crippen LogP contribution < -0.4 is 5.48 Å². The molecule has 2 rings (SSSR count). The molecule has 0 aromatic rings. The lowest BCUT2D eigenvalue weighted by Gasteiger charge is -2.44. The highest BCUT2D eigenvalue weighted by Gasteiger charge is 2.58. The number of aliphatic imine (C=N–C) groups is 1. The van der Waals surface area contributed by atoms with Gasteiger partial charge in [-0.25, -0.2) is 4.99 Å². The van der Waals surface area contributed by atoms with E-state index in [-0.39, 0.29) is 10.8 Å². The molecule has 78 valence electrons. The molecule has 0 amide bonds. The molecule has 2 bridgehead atoms. The molecule has 0 aromatic carbocycles. The maximum atomic E-state index is 9.09. The van der Waals surface area contributed by atoms with Crippen LogP contribution in [-0.2, 0) is 0 Å². The van der Waals surface area contributed by atoms with Crippen molar-refractivity contribution in [2.45, 2.75) is 33.6 Å². The van der Waals surface area contributed by atoms with E-state index in [0.29, 0.717) is 11.8 Å². The predicted octanol–water partition coefficient (Wildman–Crippen LogP) is 2.15. The van der Waals surface area contributed by atoms with Gasteiger partial charge >= 0.3 is 0 Å². The number of nitrogens with one attached hydrogen (secondary N) is 1. The van der Waals surface area contributed by atoms with Gasteiger partial charge in [0.2, 0.25) is 0 Å². The molecule has 1 aliphatic carbocycles. The molecule has 0 radical (unpaired) electrons. The summed E-state index contributed by atoms with van der Waals surface area (Å²) in [6.45, 7) is 6.57. The Bertz CT molecular complexity index is 324. The van der Waals surface area contributed by atoms with Crippen LogP contribution in [0.5, 0.6) is 0 Å². The Balaban J connectivity index is 2.55. The van der Waals surface area contributed by atoms with Gasteiger partial charge in [-0.2, -0.15) is 0 Å². The van der Waals surface area contributed by atoms with Crippen LogP contribution in [0.2, 0.25) is 0 Å².